The second-order valence-electron chi connectivity index (χ2n) is 2.61. The molecule has 0 bridgehead atoms. The second-order valence-corrected chi connectivity index (χ2v) is 6.84. The van der Waals surface area contributed by atoms with Crippen molar-refractivity contribution in [1.29, 1.82) is 0 Å². The van der Waals surface area contributed by atoms with Gasteiger partial charge in [0.25, 0.3) is 0 Å². The molecule has 0 aliphatic carbocycles. The van der Waals surface area contributed by atoms with E-state index in [0.717, 1.165) is 0 Å². The third kappa shape index (κ3) is 4.63. The molecule has 6 N–H and O–H groups in total. The standard InChI is InChI=1S/C2H7N.C2H8O7P2/c1-3-2;1-2(3,10(4,5)6)11(7,8)9/h3H,1-2H3;3H,1H3,(H2,4,5,6)(H2,7,8,9). The minimum Gasteiger partial charge on any atom is -0.776 e. The monoisotopic (exact) mass is 251 g/mol. The van der Waals surface area contributed by atoms with Crippen LogP contribution in [0.2, 0.25) is 0 Å². The fourth-order valence-corrected chi connectivity index (χ4v) is 1.48. The van der Waals surface area contributed by atoms with E-state index >= 15 is 0 Å². The van der Waals surface area contributed by atoms with E-state index in [0.29, 0.717) is 6.92 Å². The maximum absolute atomic E-state index is 10.2. The van der Waals surface area contributed by atoms with E-state index in [9.17, 15) is 14.0 Å². The van der Waals surface area contributed by atoms with E-state index in [1.54, 1.807) is 0 Å². The zero-order valence-electron chi connectivity index (χ0n) is 7.99. The summed E-state index contributed by atoms with van der Waals surface area (Å²) < 4.78 is 20.4. The van der Waals surface area contributed by atoms with E-state index in [1.807, 2.05) is 19.4 Å². The van der Waals surface area contributed by atoms with Crippen LogP contribution in [0, 0.1) is 0 Å². The van der Waals surface area contributed by atoms with E-state index in [-0.39, 0.29) is 0 Å². The number of nitrogens with two attached hydrogens (primary N) is 1. The van der Waals surface area contributed by atoms with E-state index in [1.165, 1.54) is 0 Å². The van der Waals surface area contributed by atoms with Crippen molar-refractivity contribution in [2.75, 3.05) is 14.1 Å². The van der Waals surface area contributed by atoms with Crippen LogP contribution in [0.4, 0.5) is 0 Å². The summed E-state index contributed by atoms with van der Waals surface area (Å²) in [5, 5.41) is 7.20. The van der Waals surface area contributed by atoms with Crippen molar-refractivity contribution in [3.05, 3.63) is 0 Å². The Balaban J connectivity index is 0. The van der Waals surface area contributed by atoms with Crippen molar-refractivity contribution < 1.29 is 39.1 Å². The highest BCUT2D eigenvalue weighted by molar-refractivity contribution is 7.71. The third-order valence-corrected chi connectivity index (χ3v) is 4.80. The van der Waals surface area contributed by atoms with Gasteiger partial charge in [-0.2, -0.15) is 0 Å². The lowest BCUT2D eigenvalue weighted by molar-refractivity contribution is -0.597. The summed E-state index contributed by atoms with van der Waals surface area (Å²) in [4.78, 5) is 34.7. The predicted octanol–water partition coefficient (Wildman–Crippen LogP) is -2.81. The quantitative estimate of drug-likeness (QED) is 0.331. The van der Waals surface area contributed by atoms with Gasteiger partial charge in [-0.3, -0.25) is 4.57 Å². The molecular weight excluding hydrogens is 236 g/mol. The summed E-state index contributed by atoms with van der Waals surface area (Å²) in [6, 6.07) is 0. The molecule has 0 heterocycles. The highest BCUT2D eigenvalue weighted by Gasteiger charge is 2.48. The summed E-state index contributed by atoms with van der Waals surface area (Å²) in [6.45, 7) is 0.321. The molecule has 14 heavy (non-hydrogen) atoms. The first kappa shape index (κ1) is 16.6. The average molecular weight is 251 g/mol. The zero-order chi connectivity index (χ0) is 12.2. The molecule has 8 nitrogen and oxygen atoms in total. The number of quaternary nitrogens is 1. The molecular formula is C4H15NO7P2. The maximum atomic E-state index is 10.2. The number of hydrogen-bond donors (Lipinski definition) is 5. The Morgan fingerprint density at radius 1 is 1.21 bits per heavy atom. The van der Waals surface area contributed by atoms with Gasteiger partial charge in [0.15, 0.2) is 7.60 Å². The fraction of sp³-hybridized carbons (Fsp3) is 1.00. The Hall–Kier alpha value is 0.220. The summed E-state index contributed by atoms with van der Waals surface area (Å²) in [5.41, 5.74) is 0. The molecule has 0 aliphatic heterocycles. The van der Waals surface area contributed by atoms with Gasteiger partial charge in [-0.25, -0.2) is 0 Å². The van der Waals surface area contributed by atoms with Gasteiger partial charge in [0.2, 0.25) is 5.08 Å². The summed E-state index contributed by atoms with van der Waals surface area (Å²) in [5.74, 6) is 0. The molecule has 0 aromatic carbocycles. The highest BCUT2D eigenvalue weighted by atomic mass is 31.2. The third-order valence-electron chi connectivity index (χ3n) is 1.09. The van der Waals surface area contributed by atoms with E-state index in [4.69, 9.17) is 19.8 Å². The van der Waals surface area contributed by atoms with Crippen molar-refractivity contribution in [3.8, 4) is 0 Å². The maximum Gasteiger partial charge on any atom is 0.365 e. The first-order valence-corrected chi connectivity index (χ1v) is 6.66. The molecule has 0 amide bonds. The van der Waals surface area contributed by atoms with Crippen LogP contribution in [0.5, 0.6) is 0 Å². The molecule has 0 aromatic rings. The summed E-state index contributed by atoms with van der Waals surface area (Å²) >= 11 is 0. The molecule has 0 radical (unpaired) electrons. The molecule has 2 atom stereocenters. The normalized spacial score (nSPS) is 20.0. The van der Waals surface area contributed by atoms with Crippen molar-refractivity contribution in [3.63, 3.8) is 0 Å². The molecule has 10 heteroatoms. The molecule has 0 rings (SSSR count). The fourth-order valence-electron chi connectivity index (χ4n) is 0.165. The van der Waals surface area contributed by atoms with Crippen molar-refractivity contribution >= 4 is 15.2 Å². The van der Waals surface area contributed by atoms with Crippen molar-refractivity contribution in [1.82, 2.24) is 0 Å². The molecule has 0 fully saturated rings. The smallest absolute Gasteiger partial charge is 0.365 e. The largest absolute Gasteiger partial charge is 0.776 e. The lowest BCUT2D eigenvalue weighted by Gasteiger charge is -2.32. The molecule has 0 aliphatic rings. The Labute approximate surface area is 81.3 Å². The molecule has 0 saturated carbocycles. The first-order valence-electron chi connectivity index (χ1n) is 3.47. The second kappa shape index (κ2) is 5.34. The number of hydrogen-bond acceptors (Lipinski definition) is 4. The van der Waals surface area contributed by atoms with Gasteiger partial charge >= 0.3 is 7.60 Å². The van der Waals surface area contributed by atoms with Crippen LogP contribution in [0.1, 0.15) is 6.92 Å². The van der Waals surface area contributed by atoms with Gasteiger partial charge in [0.05, 0.1) is 14.1 Å². The van der Waals surface area contributed by atoms with Crippen LogP contribution in [0.3, 0.4) is 0 Å². The average Bonchev–Trinajstić information content (AvgIpc) is 1.83. The Morgan fingerprint density at radius 2 is 1.43 bits per heavy atom. The number of aliphatic hydroxyl groups is 1. The van der Waals surface area contributed by atoms with E-state index < -0.39 is 20.3 Å². The summed E-state index contributed by atoms with van der Waals surface area (Å²) in [7, 11) is -6.71. The molecule has 0 saturated heterocycles. The Morgan fingerprint density at radius 3 is 1.43 bits per heavy atom. The van der Waals surface area contributed by atoms with Crippen LogP contribution in [-0.4, -0.2) is 39.0 Å². The zero-order valence-corrected chi connectivity index (χ0v) is 9.77. The van der Waals surface area contributed by atoms with Crippen LogP contribution >= 0.6 is 15.2 Å². The minimum atomic E-state index is -5.45. The highest BCUT2D eigenvalue weighted by Crippen LogP contribution is 2.64. The first-order chi connectivity index (χ1) is 5.91. The Kier molecular flexibility index (Phi) is 6.35. The minimum absolute atomic E-state index is 0.321. The van der Waals surface area contributed by atoms with Crippen molar-refractivity contribution in [2.45, 2.75) is 12.0 Å². The molecule has 0 aromatic heterocycles. The van der Waals surface area contributed by atoms with Crippen LogP contribution < -0.4 is 10.2 Å². The van der Waals surface area contributed by atoms with Gasteiger partial charge < -0.3 is 34.6 Å². The molecule has 2 unspecified atom stereocenters. The van der Waals surface area contributed by atoms with Gasteiger partial charge in [0, 0.05) is 0 Å². The van der Waals surface area contributed by atoms with Gasteiger partial charge in [-0.05, 0) is 6.92 Å². The van der Waals surface area contributed by atoms with Gasteiger partial charge in [-0.1, -0.05) is 0 Å². The van der Waals surface area contributed by atoms with Crippen LogP contribution in [0.15, 0.2) is 0 Å². The van der Waals surface area contributed by atoms with Crippen molar-refractivity contribution in [2.24, 2.45) is 0 Å². The molecule has 0 spiro atoms. The topological polar surface area (TPSA) is 155 Å². The SMILES string of the molecule is CC(O)(P(=O)([O-])O)P(=O)(O)O.C[NH2+]C. The number of rotatable bonds is 2. The van der Waals surface area contributed by atoms with Gasteiger partial charge in [0.1, 0.15) is 0 Å². The van der Waals surface area contributed by atoms with E-state index in [2.05, 4.69) is 0 Å². The summed E-state index contributed by atoms with van der Waals surface area (Å²) in [6.07, 6.45) is 0. The van der Waals surface area contributed by atoms with Gasteiger partial charge in [-0.15, -0.1) is 0 Å². The van der Waals surface area contributed by atoms with Crippen LogP contribution in [-0.2, 0) is 9.13 Å². The predicted molar refractivity (Wildman–Crippen MR) is 46.3 cm³/mol. The Bertz CT molecular complexity index is 228. The lowest BCUT2D eigenvalue weighted by atomic mass is 10.9. The lowest BCUT2D eigenvalue weighted by Crippen LogP contribution is -2.74. The molecule has 88 valence electrons. The van der Waals surface area contributed by atoms with Crippen LogP contribution in [0.25, 0.3) is 0 Å².